The van der Waals surface area contributed by atoms with Crippen LogP contribution in [0.1, 0.15) is 38.9 Å². The quantitative estimate of drug-likeness (QED) is 0.356. The smallest absolute Gasteiger partial charge is 0.330 e. The van der Waals surface area contributed by atoms with Crippen molar-refractivity contribution in [2.75, 3.05) is 6.79 Å². The lowest BCUT2D eigenvalue weighted by Crippen LogP contribution is -2.31. The first-order valence-corrected chi connectivity index (χ1v) is 12.2. The predicted molar refractivity (Wildman–Crippen MR) is 125 cm³/mol. The van der Waals surface area contributed by atoms with E-state index in [0.717, 1.165) is 24.8 Å². The van der Waals surface area contributed by atoms with E-state index in [1.807, 2.05) is 24.5 Å². The lowest BCUT2D eigenvalue weighted by molar-refractivity contribution is 0.174. The number of unbranched alkanes of at least 4 members (excludes halogenated alkanes) is 1. The summed E-state index contributed by atoms with van der Waals surface area (Å²) in [6.07, 6.45) is 2.55. The molecule has 0 spiro atoms. The lowest BCUT2D eigenvalue weighted by Gasteiger charge is -2.07. The molecular weight excluding hydrogens is 460 g/mol. The molecule has 1 N–H and O–H groups in total. The van der Waals surface area contributed by atoms with E-state index in [-0.39, 0.29) is 6.79 Å². The standard InChI is InChI=1S/C22H24N6O5S/c1-3-5-9-28-18-17(19(29)24-21(28)30)27(8-4-2)16(23-18)11-34-22-26-25-20(33-22)13-6-7-14-15(10-13)32-12-31-14/h6-7,10H,3-5,8-9,11-12H2,1-2H3,(H,24,29,30). The molecule has 1 aliphatic rings. The summed E-state index contributed by atoms with van der Waals surface area (Å²) < 4.78 is 20.0. The summed E-state index contributed by atoms with van der Waals surface area (Å²) in [6.45, 7) is 5.37. The summed E-state index contributed by atoms with van der Waals surface area (Å²) in [7, 11) is 0. The molecule has 0 atom stereocenters. The molecule has 0 radical (unpaired) electrons. The molecule has 0 unspecified atom stereocenters. The van der Waals surface area contributed by atoms with Gasteiger partial charge in [0.05, 0.1) is 5.75 Å². The average molecular weight is 485 g/mol. The van der Waals surface area contributed by atoms with E-state index in [1.165, 1.54) is 11.8 Å². The van der Waals surface area contributed by atoms with E-state index >= 15 is 0 Å². The molecule has 3 aromatic heterocycles. The van der Waals surface area contributed by atoms with Gasteiger partial charge in [-0.3, -0.25) is 14.3 Å². The van der Waals surface area contributed by atoms with Gasteiger partial charge in [-0.2, -0.15) is 0 Å². The highest BCUT2D eigenvalue weighted by molar-refractivity contribution is 7.98. The number of hydrogen-bond acceptors (Lipinski definition) is 9. The molecule has 0 bridgehead atoms. The minimum atomic E-state index is -0.434. The van der Waals surface area contributed by atoms with Gasteiger partial charge in [-0.25, -0.2) is 9.78 Å². The second-order valence-corrected chi connectivity index (χ2v) is 8.77. The van der Waals surface area contributed by atoms with Crippen molar-refractivity contribution in [3.8, 4) is 23.0 Å². The Morgan fingerprint density at radius 2 is 1.91 bits per heavy atom. The second kappa shape index (κ2) is 9.37. The van der Waals surface area contributed by atoms with Crippen LogP contribution in [0, 0.1) is 0 Å². The molecule has 12 heteroatoms. The second-order valence-electron chi connectivity index (χ2n) is 7.85. The van der Waals surface area contributed by atoms with E-state index in [0.29, 0.717) is 58.4 Å². The van der Waals surface area contributed by atoms with Crippen LogP contribution >= 0.6 is 11.8 Å². The fourth-order valence-electron chi connectivity index (χ4n) is 3.86. The van der Waals surface area contributed by atoms with Crippen molar-refractivity contribution in [1.82, 2.24) is 29.3 Å². The summed E-state index contributed by atoms with van der Waals surface area (Å²) in [5.41, 5.74) is 0.704. The highest BCUT2D eigenvalue weighted by atomic mass is 32.2. The zero-order chi connectivity index (χ0) is 23.7. The van der Waals surface area contributed by atoms with E-state index in [1.54, 1.807) is 16.7 Å². The molecule has 0 saturated carbocycles. The topological polar surface area (TPSA) is 130 Å². The number of thioether (sulfide) groups is 1. The number of ether oxygens (including phenoxy) is 2. The van der Waals surface area contributed by atoms with Crippen LogP contribution in [0.5, 0.6) is 11.5 Å². The Labute approximate surface area is 198 Å². The number of aryl methyl sites for hydroxylation is 2. The zero-order valence-electron chi connectivity index (χ0n) is 18.9. The Morgan fingerprint density at radius 3 is 2.74 bits per heavy atom. The maximum absolute atomic E-state index is 12.7. The van der Waals surface area contributed by atoms with Crippen LogP contribution in [0.15, 0.2) is 37.4 Å². The van der Waals surface area contributed by atoms with Gasteiger partial charge < -0.3 is 18.5 Å². The predicted octanol–water partition coefficient (Wildman–Crippen LogP) is 3.17. The normalized spacial score (nSPS) is 12.6. The van der Waals surface area contributed by atoms with Crippen molar-refractivity contribution in [1.29, 1.82) is 0 Å². The molecule has 34 heavy (non-hydrogen) atoms. The third-order valence-corrected chi connectivity index (χ3v) is 6.31. The molecule has 5 rings (SSSR count). The number of hydrogen-bond donors (Lipinski definition) is 1. The Morgan fingerprint density at radius 1 is 1.06 bits per heavy atom. The van der Waals surface area contributed by atoms with Gasteiger partial charge in [-0.05, 0) is 31.0 Å². The van der Waals surface area contributed by atoms with Gasteiger partial charge in [-0.1, -0.05) is 32.0 Å². The van der Waals surface area contributed by atoms with Crippen molar-refractivity contribution in [2.45, 2.75) is 57.2 Å². The van der Waals surface area contributed by atoms with Crippen molar-refractivity contribution in [2.24, 2.45) is 0 Å². The fourth-order valence-corrected chi connectivity index (χ4v) is 4.57. The van der Waals surface area contributed by atoms with Crippen LogP contribution in [0.2, 0.25) is 0 Å². The Balaban J connectivity index is 1.43. The van der Waals surface area contributed by atoms with Gasteiger partial charge in [0.15, 0.2) is 22.7 Å². The molecule has 4 aromatic rings. The molecule has 11 nitrogen and oxygen atoms in total. The SMILES string of the molecule is CCCCn1c(=O)[nH]c(=O)c2c1nc(CSc1nnc(-c3ccc4c(c3)OCO4)o1)n2CCC. The number of aromatic amines is 1. The highest BCUT2D eigenvalue weighted by Gasteiger charge is 2.20. The van der Waals surface area contributed by atoms with Crippen LogP contribution in [0.25, 0.3) is 22.6 Å². The molecule has 0 amide bonds. The van der Waals surface area contributed by atoms with E-state index < -0.39 is 11.2 Å². The minimum Gasteiger partial charge on any atom is -0.454 e. The van der Waals surface area contributed by atoms with Gasteiger partial charge in [-0.15, -0.1) is 10.2 Å². The molecule has 0 saturated heterocycles. The first-order chi connectivity index (χ1) is 16.6. The molecule has 178 valence electrons. The number of fused-ring (bicyclic) bond motifs is 2. The number of rotatable bonds is 9. The zero-order valence-corrected chi connectivity index (χ0v) is 19.7. The maximum Gasteiger partial charge on any atom is 0.330 e. The van der Waals surface area contributed by atoms with E-state index in [4.69, 9.17) is 13.9 Å². The van der Waals surface area contributed by atoms with Crippen LogP contribution in [0.3, 0.4) is 0 Å². The number of benzene rings is 1. The van der Waals surface area contributed by atoms with Gasteiger partial charge >= 0.3 is 5.69 Å². The average Bonchev–Trinajstić information content (AvgIpc) is 3.56. The van der Waals surface area contributed by atoms with Crippen LogP contribution in [0.4, 0.5) is 0 Å². The summed E-state index contributed by atoms with van der Waals surface area (Å²) in [5.74, 6) is 2.76. The van der Waals surface area contributed by atoms with Gasteiger partial charge in [0.2, 0.25) is 12.7 Å². The Bertz CT molecular complexity index is 1450. The van der Waals surface area contributed by atoms with Crippen molar-refractivity contribution < 1.29 is 13.9 Å². The van der Waals surface area contributed by atoms with Crippen molar-refractivity contribution >= 4 is 22.9 Å². The van der Waals surface area contributed by atoms with Gasteiger partial charge in [0, 0.05) is 18.7 Å². The molecule has 0 fully saturated rings. The third kappa shape index (κ3) is 4.09. The monoisotopic (exact) mass is 484 g/mol. The number of nitrogens with zero attached hydrogens (tertiary/aromatic N) is 5. The first-order valence-electron chi connectivity index (χ1n) is 11.2. The van der Waals surface area contributed by atoms with Crippen molar-refractivity contribution in [3.05, 3.63) is 44.9 Å². The summed E-state index contributed by atoms with van der Waals surface area (Å²) in [4.78, 5) is 32.2. The molecule has 4 heterocycles. The summed E-state index contributed by atoms with van der Waals surface area (Å²) >= 11 is 1.32. The minimum absolute atomic E-state index is 0.192. The summed E-state index contributed by atoms with van der Waals surface area (Å²) in [5, 5.41) is 8.65. The fraction of sp³-hybridized carbons (Fsp3) is 0.409. The number of nitrogens with one attached hydrogen (secondary N) is 1. The maximum atomic E-state index is 12.7. The summed E-state index contributed by atoms with van der Waals surface area (Å²) in [6, 6.07) is 5.43. The van der Waals surface area contributed by atoms with Gasteiger partial charge in [0.1, 0.15) is 5.82 Å². The third-order valence-electron chi connectivity index (χ3n) is 5.50. The molecule has 1 aromatic carbocycles. The van der Waals surface area contributed by atoms with E-state index in [9.17, 15) is 9.59 Å². The van der Waals surface area contributed by atoms with E-state index in [2.05, 4.69) is 20.2 Å². The Hall–Kier alpha value is -3.54. The first kappa shape index (κ1) is 22.3. The van der Waals surface area contributed by atoms with Gasteiger partial charge in [0.25, 0.3) is 10.8 Å². The van der Waals surface area contributed by atoms with Crippen molar-refractivity contribution in [3.63, 3.8) is 0 Å². The largest absolute Gasteiger partial charge is 0.454 e. The highest BCUT2D eigenvalue weighted by Crippen LogP contribution is 2.36. The molecular formula is C22H24N6O5S. The Kier molecular flexibility index (Phi) is 6.14. The van der Waals surface area contributed by atoms with Crippen LogP contribution in [-0.2, 0) is 18.8 Å². The van der Waals surface area contributed by atoms with Crippen LogP contribution in [-0.4, -0.2) is 36.1 Å². The lowest BCUT2D eigenvalue weighted by atomic mass is 10.2. The number of H-pyrrole nitrogens is 1. The molecule has 1 aliphatic heterocycles. The molecule has 0 aliphatic carbocycles. The number of imidazole rings is 1. The van der Waals surface area contributed by atoms with Crippen LogP contribution < -0.4 is 20.7 Å². The number of aromatic nitrogens is 6.